The number of nitrogens with zero attached hydrogens (tertiary/aromatic N) is 1. The SMILES string of the molecule is Cc1cc(CCCl)cc(C)n1. The van der Waals surface area contributed by atoms with Crippen molar-refractivity contribution in [3.63, 3.8) is 0 Å². The van der Waals surface area contributed by atoms with Crippen LogP contribution in [0.25, 0.3) is 0 Å². The molecule has 0 atom stereocenters. The van der Waals surface area contributed by atoms with Crippen molar-refractivity contribution >= 4 is 11.6 Å². The second-order valence-corrected chi connectivity index (χ2v) is 3.08. The van der Waals surface area contributed by atoms with Crippen molar-refractivity contribution in [2.24, 2.45) is 0 Å². The molecule has 0 aliphatic heterocycles. The van der Waals surface area contributed by atoms with Crippen molar-refractivity contribution in [1.82, 2.24) is 4.98 Å². The highest BCUT2D eigenvalue weighted by atomic mass is 35.5. The number of halogens is 1. The van der Waals surface area contributed by atoms with Crippen LogP contribution in [0.5, 0.6) is 0 Å². The zero-order chi connectivity index (χ0) is 8.27. The van der Waals surface area contributed by atoms with E-state index in [1.165, 1.54) is 5.56 Å². The van der Waals surface area contributed by atoms with Crippen LogP contribution in [0.3, 0.4) is 0 Å². The molecule has 0 saturated heterocycles. The van der Waals surface area contributed by atoms with Crippen molar-refractivity contribution < 1.29 is 0 Å². The van der Waals surface area contributed by atoms with Crippen LogP contribution in [0, 0.1) is 13.8 Å². The Morgan fingerprint density at radius 1 is 1.27 bits per heavy atom. The maximum absolute atomic E-state index is 5.62. The molecule has 0 unspecified atom stereocenters. The Labute approximate surface area is 72.4 Å². The number of aromatic nitrogens is 1. The average molecular weight is 170 g/mol. The van der Waals surface area contributed by atoms with Crippen LogP contribution in [-0.2, 0) is 6.42 Å². The summed E-state index contributed by atoms with van der Waals surface area (Å²) in [7, 11) is 0. The van der Waals surface area contributed by atoms with Crippen LogP contribution in [0.2, 0.25) is 0 Å². The Morgan fingerprint density at radius 2 is 1.82 bits per heavy atom. The molecule has 1 aromatic rings. The van der Waals surface area contributed by atoms with E-state index in [-0.39, 0.29) is 0 Å². The molecule has 2 heteroatoms. The first-order valence-electron chi connectivity index (χ1n) is 3.72. The number of hydrogen-bond acceptors (Lipinski definition) is 1. The van der Waals surface area contributed by atoms with Gasteiger partial charge < -0.3 is 0 Å². The summed E-state index contributed by atoms with van der Waals surface area (Å²) in [6.45, 7) is 4.01. The second kappa shape index (κ2) is 3.72. The summed E-state index contributed by atoms with van der Waals surface area (Å²) in [5.74, 6) is 0.683. The summed E-state index contributed by atoms with van der Waals surface area (Å²) >= 11 is 5.62. The molecule has 0 aliphatic rings. The Bertz CT molecular complexity index is 225. The maximum Gasteiger partial charge on any atom is 0.0378 e. The highest BCUT2D eigenvalue weighted by Crippen LogP contribution is 2.05. The van der Waals surface area contributed by atoms with E-state index in [9.17, 15) is 0 Å². The fraction of sp³-hybridized carbons (Fsp3) is 0.444. The van der Waals surface area contributed by atoms with Gasteiger partial charge >= 0.3 is 0 Å². The molecule has 0 fully saturated rings. The van der Waals surface area contributed by atoms with Crippen LogP contribution in [-0.4, -0.2) is 10.9 Å². The predicted octanol–water partition coefficient (Wildman–Crippen LogP) is 2.48. The van der Waals surface area contributed by atoms with Crippen molar-refractivity contribution in [1.29, 1.82) is 0 Å². The van der Waals surface area contributed by atoms with Gasteiger partial charge in [0.1, 0.15) is 0 Å². The van der Waals surface area contributed by atoms with Gasteiger partial charge in [0.2, 0.25) is 0 Å². The zero-order valence-corrected chi connectivity index (χ0v) is 7.65. The van der Waals surface area contributed by atoms with Crippen molar-refractivity contribution in [3.05, 3.63) is 29.1 Å². The number of pyridine rings is 1. The molecule has 1 aromatic heterocycles. The second-order valence-electron chi connectivity index (χ2n) is 2.70. The fourth-order valence-corrected chi connectivity index (χ4v) is 1.39. The van der Waals surface area contributed by atoms with Gasteiger partial charge in [-0.3, -0.25) is 4.98 Å². The van der Waals surface area contributed by atoms with Crippen LogP contribution >= 0.6 is 11.6 Å². The molecule has 60 valence electrons. The molecule has 0 aromatic carbocycles. The lowest BCUT2D eigenvalue weighted by Gasteiger charge is -2.00. The lowest BCUT2D eigenvalue weighted by molar-refractivity contribution is 1.05. The minimum Gasteiger partial charge on any atom is -0.258 e. The quantitative estimate of drug-likeness (QED) is 0.620. The standard InChI is InChI=1S/C9H12ClN/c1-7-5-9(3-4-10)6-8(2)11-7/h5-6H,3-4H2,1-2H3. The Balaban J connectivity index is 2.89. The summed E-state index contributed by atoms with van der Waals surface area (Å²) in [6.07, 6.45) is 0.936. The van der Waals surface area contributed by atoms with E-state index in [1.54, 1.807) is 0 Å². The van der Waals surface area contributed by atoms with Gasteiger partial charge in [-0.05, 0) is 38.0 Å². The highest BCUT2D eigenvalue weighted by molar-refractivity contribution is 6.17. The lowest BCUT2D eigenvalue weighted by Crippen LogP contribution is -1.92. The van der Waals surface area contributed by atoms with Crippen molar-refractivity contribution in [3.8, 4) is 0 Å². The minimum atomic E-state index is 0.683. The lowest BCUT2D eigenvalue weighted by atomic mass is 10.1. The monoisotopic (exact) mass is 169 g/mol. The summed E-state index contributed by atoms with van der Waals surface area (Å²) in [4.78, 5) is 4.27. The minimum absolute atomic E-state index is 0.683. The highest BCUT2D eigenvalue weighted by Gasteiger charge is 1.95. The van der Waals surface area contributed by atoms with Crippen LogP contribution in [0.4, 0.5) is 0 Å². The molecule has 11 heavy (non-hydrogen) atoms. The Morgan fingerprint density at radius 3 is 2.27 bits per heavy atom. The van der Waals surface area contributed by atoms with E-state index in [1.807, 2.05) is 13.8 Å². The van der Waals surface area contributed by atoms with E-state index < -0.39 is 0 Å². The third kappa shape index (κ3) is 2.51. The summed E-state index contributed by atoms with van der Waals surface area (Å²) in [6, 6.07) is 4.16. The normalized spacial score (nSPS) is 10.1. The van der Waals surface area contributed by atoms with Gasteiger partial charge in [-0.25, -0.2) is 0 Å². The van der Waals surface area contributed by atoms with Gasteiger partial charge in [0.25, 0.3) is 0 Å². The van der Waals surface area contributed by atoms with E-state index in [0.29, 0.717) is 5.88 Å². The Hall–Kier alpha value is -0.560. The maximum atomic E-state index is 5.62. The van der Waals surface area contributed by atoms with Gasteiger partial charge in [0.05, 0.1) is 0 Å². The zero-order valence-electron chi connectivity index (χ0n) is 6.89. The Kier molecular flexibility index (Phi) is 2.89. The number of rotatable bonds is 2. The van der Waals surface area contributed by atoms with Crippen molar-refractivity contribution in [2.45, 2.75) is 20.3 Å². The first kappa shape index (κ1) is 8.54. The summed E-state index contributed by atoms with van der Waals surface area (Å²) in [5, 5.41) is 0. The van der Waals surface area contributed by atoms with Gasteiger partial charge in [0, 0.05) is 17.3 Å². The topological polar surface area (TPSA) is 12.9 Å². The molecule has 0 saturated carbocycles. The molecule has 0 radical (unpaired) electrons. The number of aryl methyl sites for hydroxylation is 3. The van der Waals surface area contributed by atoms with E-state index in [2.05, 4.69) is 17.1 Å². The van der Waals surface area contributed by atoms with Gasteiger partial charge in [-0.2, -0.15) is 0 Å². The van der Waals surface area contributed by atoms with E-state index >= 15 is 0 Å². The molecular weight excluding hydrogens is 158 g/mol. The molecule has 1 nitrogen and oxygen atoms in total. The van der Waals surface area contributed by atoms with Gasteiger partial charge in [-0.15, -0.1) is 11.6 Å². The van der Waals surface area contributed by atoms with Gasteiger partial charge in [0.15, 0.2) is 0 Å². The summed E-state index contributed by atoms with van der Waals surface area (Å²) < 4.78 is 0. The first-order valence-corrected chi connectivity index (χ1v) is 4.26. The number of alkyl halides is 1. The third-order valence-electron chi connectivity index (χ3n) is 1.52. The molecule has 1 heterocycles. The third-order valence-corrected chi connectivity index (χ3v) is 1.71. The molecular formula is C9H12ClN. The molecule has 0 bridgehead atoms. The predicted molar refractivity (Wildman–Crippen MR) is 48.1 cm³/mol. The number of hydrogen-bond donors (Lipinski definition) is 0. The molecule has 0 aliphatic carbocycles. The molecule has 1 rings (SSSR count). The van der Waals surface area contributed by atoms with Crippen molar-refractivity contribution in [2.75, 3.05) is 5.88 Å². The fourth-order valence-electron chi connectivity index (χ4n) is 1.17. The molecule has 0 amide bonds. The van der Waals surface area contributed by atoms with E-state index in [4.69, 9.17) is 11.6 Å². The molecule has 0 spiro atoms. The smallest absolute Gasteiger partial charge is 0.0378 e. The van der Waals surface area contributed by atoms with E-state index in [0.717, 1.165) is 17.8 Å². The molecule has 0 N–H and O–H groups in total. The average Bonchev–Trinajstić information content (AvgIpc) is 1.85. The van der Waals surface area contributed by atoms with Gasteiger partial charge in [-0.1, -0.05) is 0 Å². The first-order chi connectivity index (χ1) is 5.22. The van der Waals surface area contributed by atoms with Crippen LogP contribution in [0.1, 0.15) is 17.0 Å². The summed E-state index contributed by atoms with van der Waals surface area (Å²) in [5.41, 5.74) is 3.43. The van der Waals surface area contributed by atoms with Crippen LogP contribution in [0.15, 0.2) is 12.1 Å². The largest absolute Gasteiger partial charge is 0.258 e. The van der Waals surface area contributed by atoms with Crippen LogP contribution < -0.4 is 0 Å².